The predicted molar refractivity (Wildman–Crippen MR) is 65.1 cm³/mol. The number of thioether (sulfide) groups is 1. The lowest BCUT2D eigenvalue weighted by Crippen LogP contribution is -1.77. The minimum absolute atomic E-state index is 0.786. The van der Waals surface area contributed by atoms with Gasteiger partial charge in [0.05, 0.1) is 0 Å². The highest BCUT2D eigenvalue weighted by Crippen LogP contribution is 2.24. The first kappa shape index (κ1) is 9.94. The van der Waals surface area contributed by atoms with Crippen LogP contribution < -0.4 is 0 Å². The Balaban J connectivity index is 2.37. The van der Waals surface area contributed by atoms with Gasteiger partial charge in [0.2, 0.25) is 0 Å². The largest absolute Gasteiger partial charge is 0.361 e. The summed E-state index contributed by atoms with van der Waals surface area (Å²) >= 11 is 7.84. The number of aromatic nitrogens is 1. The van der Waals surface area contributed by atoms with Gasteiger partial charge in [-0.3, -0.25) is 0 Å². The van der Waals surface area contributed by atoms with Crippen molar-refractivity contribution >= 4 is 34.3 Å². The van der Waals surface area contributed by atoms with Crippen molar-refractivity contribution in [2.24, 2.45) is 0 Å². The van der Waals surface area contributed by atoms with Crippen LogP contribution in [0, 0.1) is 0 Å². The maximum absolute atomic E-state index is 5.91. The minimum Gasteiger partial charge on any atom is -0.361 e. The number of hydrogen-bond acceptors (Lipinski definition) is 1. The van der Waals surface area contributed by atoms with Crippen molar-refractivity contribution in [3.8, 4) is 0 Å². The molecular weight excluding hydrogens is 214 g/mol. The molecular formula is C11H12ClNS. The molecule has 0 atom stereocenters. The average Bonchev–Trinajstić information content (AvgIpc) is 2.57. The smallest absolute Gasteiger partial charge is 0.0472 e. The molecule has 0 fully saturated rings. The first-order valence-electron chi connectivity index (χ1n) is 4.64. The van der Waals surface area contributed by atoms with E-state index in [0.717, 1.165) is 22.0 Å². The number of aromatic amines is 1. The van der Waals surface area contributed by atoms with Crippen LogP contribution in [0.15, 0.2) is 24.4 Å². The fourth-order valence-electron chi connectivity index (χ4n) is 1.49. The normalized spacial score (nSPS) is 11.0. The molecule has 2 aromatic rings. The molecule has 0 amide bonds. The van der Waals surface area contributed by atoms with Crippen LogP contribution in [-0.2, 0) is 5.75 Å². The van der Waals surface area contributed by atoms with Crippen molar-refractivity contribution < 1.29 is 0 Å². The highest BCUT2D eigenvalue weighted by molar-refractivity contribution is 7.98. The van der Waals surface area contributed by atoms with Crippen LogP contribution in [0.5, 0.6) is 0 Å². The van der Waals surface area contributed by atoms with Crippen molar-refractivity contribution in [1.82, 2.24) is 4.98 Å². The lowest BCUT2D eigenvalue weighted by Gasteiger charge is -1.97. The molecule has 0 bridgehead atoms. The molecule has 0 saturated heterocycles. The minimum atomic E-state index is 0.786. The summed E-state index contributed by atoms with van der Waals surface area (Å²) in [5, 5.41) is 2.07. The zero-order valence-corrected chi connectivity index (χ0v) is 9.58. The molecule has 2 rings (SSSR count). The molecule has 1 aromatic carbocycles. The molecule has 1 heterocycles. The van der Waals surface area contributed by atoms with Gasteiger partial charge in [0.15, 0.2) is 0 Å². The Morgan fingerprint density at radius 2 is 2.29 bits per heavy atom. The number of benzene rings is 1. The molecule has 0 unspecified atom stereocenters. The molecule has 14 heavy (non-hydrogen) atoms. The lowest BCUT2D eigenvalue weighted by atomic mass is 10.2. The lowest BCUT2D eigenvalue weighted by molar-refractivity contribution is 1.39. The molecule has 0 spiro atoms. The fraction of sp³-hybridized carbons (Fsp3) is 0.273. The second kappa shape index (κ2) is 4.28. The van der Waals surface area contributed by atoms with Gasteiger partial charge < -0.3 is 4.98 Å². The molecule has 0 aliphatic carbocycles. The topological polar surface area (TPSA) is 15.8 Å². The van der Waals surface area contributed by atoms with Gasteiger partial charge in [-0.25, -0.2) is 0 Å². The average molecular weight is 226 g/mol. The Hall–Kier alpha value is -0.600. The predicted octanol–water partition coefficient (Wildman–Crippen LogP) is 4.07. The van der Waals surface area contributed by atoms with Crippen molar-refractivity contribution in [3.63, 3.8) is 0 Å². The van der Waals surface area contributed by atoms with Gasteiger partial charge in [-0.2, -0.15) is 11.8 Å². The molecule has 1 N–H and O–H groups in total. The highest BCUT2D eigenvalue weighted by Gasteiger charge is 2.03. The van der Waals surface area contributed by atoms with Crippen molar-refractivity contribution in [2.45, 2.75) is 12.7 Å². The van der Waals surface area contributed by atoms with E-state index in [-0.39, 0.29) is 0 Å². The molecule has 0 aliphatic rings. The van der Waals surface area contributed by atoms with Crippen LogP contribution in [0.2, 0.25) is 5.02 Å². The Morgan fingerprint density at radius 1 is 1.43 bits per heavy atom. The Labute approximate surface area is 92.8 Å². The second-order valence-corrected chi connectivity index (χ2v) is 4.85. The van der Waals surface area contributed by atoms with Gasteiger partial charge >= 0.3 is 0 Å². The van der Waals surface area contributed by atoms with E-state index in [2.05, 4.69) is 24.2 Å². The van der Waals surface area contributed by atoms with E-state index in [9.17, 15) is 0 Å². The number of halogens is 1. The van der Waals surface area contributed by atoms with Crippen molar-refractivity contribution in [2.75, 3.05) is 5.75 Å². The summed E-state index contributed by atoms with van der Waals surface area (Å²) in [6.07, 6.45) is 2.07. The SMILES string of the molecule is CCSCc1c[nH]c2cc(Cl)ccc12. The summed E-state index contributed by atoms with van der Waals surface area (Å²) in [4.78, 5) is 3.24. The molecule has 1 nitrogen and oxygen atoms in total. The van der Waals surface area contributed by atoms with E-state index in [4.69, 9.17) is 11.6 Å². The van der Waals surface area contributed by atoms with Gasteiger partial charge in [-0.05, 0) is 23.4 Å². The van der Waals surface area contributed by atoms with Crippen LogP contribution in [0.1, 0.15) is 12.5 Å². The van der Waals surface area contributed by atoms with E-state index in [0.29, 0.717) is 0 Å². The Bertz CT molecular complexity index is 436. The fourth-order valence-corrected chi connectivity index (χ4v) is 2.32. The van der Waals surface area contributed by atoms with Gasteiger partial charge in [0.1, 0.15) is 0 Å². The summed E-state index contributed by atoms with van der Waals surface area (Å²) in [6.45, 7) is 2.18. The number of rotatable bonds is 3. The zero-order chi connectivity index (χ0) is 9.97. The van der Waals surface area contributed by atoms with Gasteiger partial charge in [0, 0.05) is 27.9 Å². The van der Waals surface area contributed by atoms with Crippen LogP contribution in [0.3, 0.4) is 0 Å². The quantitative estimate of drug-likeness (QED) is 0.833. The summed E-state index contributed by atoms with van der Waals surface area (Å²) in [7, 11) is 0. The van der Waals surface area contributed by atoms with Gasteiger partial charge in [0.25, 0.3) is 0 Å². The Morgan fingerprint density at radius 3 is 3.07 bits per heavy atom. The maximum atomic E-state index is 5.91. The highest BCUT2D eigenvalue weighted by atomic mass is 35.5. The molecule has 74 valence electrons. The van der Waals surface area contributed by atoms with Gasteiger partial charge in [-0.15, -0.1) is 0 Å². The molecule has 3 heteroatoms. The number of hydrogen-bond donors (Lipinski definition) is 1. The first-order chi connectivity index (χ1) is 6.81. The van der Waals surface area contributed by atoms with E-state index in [1.807, 2.05) is 23.9 Å². The number of fused-ring (bicyclic) bond motifs is 1. The third kappa shape index (κ3) is 1.91. The van der Waals surface area contributed by atoms with Gasteiger partial charge in [-0.1, -0.05) is 24.6 Å². The van der Waals surface area contributed by atoms with Crippen molar-refractivity contribution in [1.29, 1.82) is 0 Å². The van der Waals surface area contributed by atoms with Crippen LogP contribution in [-0.4, -0.2) is 10.7 Å². The summed E-state index contributed by atoms with van der Waals surface area (Å²) < 4.78 is 0. The summed E-state index contributed by atoms with van der Waals surface area (Å²) in [5.74, 6) is 2.22. The maximum Gasteiger partial charge on any atom is 0.0472 e. The first-order valence-corrected chi connectivity index (χ1v) is 6.18. The molecule has 1 aromatic heterocycles. The standard InChI is InChI=1S/C11H12ClNS/c1-2-14-7-8-6-13-11-5-9(12)3-4-10(8)11/h3-6,13H,2,7H2,1H3. The van der Waals surface area contributed by atoms with E-state index in [1.54, 1.807) is 0 Å². The van der Waals surface area contributed by atoms with Crippen LogP contribution in [0.4, 0.5) is 0 Å². The van der Waals surface area contributed by atoms with E-state index in [1.165, 1.54) is 10.9 Å². The van der Waals surface area contributed by atoms with Crippen LogP contribution >= 0.6 is 23.4 Å². The third-order valence-corrected chi connectivity index (χ3v) is 3.35. The molecule has 0 aliphatic heterocycles. The summed E-state index contributed by atoms with van der Waals surface area (Å²) in [6, 6.07) is 5.99. The summed E-state index contributed by atoms with van der Waals surface area (Å²) in [5.41, 5.74) is 2.49. The van der Waals surface area contributed by atoms with Crippen molar-refractivity contribution in [3.05, 3.63) is 35.0 Å². The zero-order valence-electron chi connectivity index (χ0n) is 8.01. The van der Waals surface area contributed by atoms with E-state index < -0.39 is 0 Å². The third-order valence-electron chi connectivity index (χ3n) is 2.19. The van der Waals surface area contributed by atoms with E-state index >= 15 is 0 Å². The van der Waals surface area contributed by atoms with Crippen LogP contribution in [0.25, 0.3) is 10.9 Å². The Kier molecular flexibility index (Phi) is 3.04. The molecule has 0 radical (unpaired) electrons. The number of H-pyrrole nitrogens is 1. The number of nitrogens with one attached hydrogen (secondary N) is 1. The molecule has 0 saturated carbocycles. The monoisotopic (exact) mass is 225 g/mol. The second-order valence-electron chi connectivity index (χ2n) is 3.14.